The molecule has 1 aromatic carbocycles. The van der Waals surface area contributed by atoms with Crippen molar-refractivity contribution in [1.29, 1.82) is 0 Å². The number of amides is 3. The van der Waals surface area contributed by atoms with E-state index in [1.165, 1.54) is 11.3 Å². The van der Waals surface area contributed by atoms with Gasteiger partial charge >= 0.3 is 6.09 Å². The van der Waals surface area contributed by atoms with E-state index in [1.54, 1.807) is 28.9 Å². The number of aryl methyl sites for hydroxylation is 1. The molecule has 3 heterocycles. The van der Waals surface area contributed by atoms with Gasteiger partial charge in [0, 0.05) is 24.5 Å². The number of nitrogens with zero attached hydrogens (tertiary/aromatic N) is 2. The summed E-state index contributed by atoms with van der Waals surface area (Å²) in [5, 5.41) is 3.18. The van der Waals surface area contributed by atoms with Gasteiger partial charge in [-0.2, -0.15) is 0 Å². The molecule has 3 amide bonds. The van der Waals surface area contributed by atoms with Gasteiger partial charge in [-0.05, 0) is 42.8 Å². The first kappa shape index (κ1) is 21.9. The van der Waals surface area contributed by atoms with Crippen LogP contribution in [0.25, 0.3) is 0 Å². The molecule has 0 unspecified atom stereocenters. The first-order valence-electron chi connectivity index (χ1n) is 10.2. The molecule has 0 radical (unpaired) electrons. The first-order valence-corrected chi connectivity index (χ1v) is 11.0. The molecule has 2 atom stereocenters. The third-order valence-corrected chi connectivity index (χ3v) is 6.52. The maximum Gasteiger partial charge on any atom is 0.413 e. The summed E-state index contributed by atoms with van der Waals surface area (Å²) in [6.07, 6.45) is 4.71. The van der Waals surface area contributed by atoms with E-state index in [0.29, 0.717) is 29.6 Å². The van der Waals surface area contributed by atoms with Gasteiger partial charge in [-0.15, -0.1) is 6.42 Å². The lowest BCUT2D eigenvalue weighted by molar-refractivity contribution is -0.125. The van der Waals surface area contributed by atoms with Gasteiger partial charge in [0.05, 0.1) is 23.4 Å². The molecule has 0 spiro atoms. The highest BCUT2D eigenvalue weighted by Gasteiger charge is 2.39. The van der Waals surface area contributed by atoms with Crippen LogP contribution in [-0.2, 0) is 14.3 Å². The Kier molecular flexibility index (Phi) is 6.17. The Morgan fingerprint density at radius 2 is 2.09 bits per heavy atom. The molecular formula is C23H23N3O5S. The maximum atomic E-state index is 12.9. The van der Waals surface area contributed by atoms with Crippen molar-refractivity contribution >= 4 is 40.6 Å². The van der Waals surface area contributed by atoms with Crippen molar-refractivity contribution in [2.75, 3.05) is 36.1 Å². The van der Waals surface area contributed by atoms with Crippen molar-refractivity contribution in [3.05, 3.63) is 40.8 Å². The minimum absolute atomic E-state index is 0.0717. The Bertz CT molecular complexity index is 1110. The number of rotatable bonds is 4. The van der Waals surface area contributed by atoms with Crippen molar-refractivity contribution in [2.45, 2.75) is 19.9 Å². The topological polar surface area (TPSA) is 88.2 Å². The fourth-order valence-corrected chi connectivity index (χ4v) is 4.54. The predicted octanol–water partition coefficient (Wildman–Crippen LogP) is 2.54. The maximum absolute atomic E-state index is 12.9. The number of terminal acetylenes is 1. The zero-order valence-corrected chi connectivity index (χ0v) is 18.6. The highest BCUT2D eigenvalue weighted by Crippen LogP contribution is 2.31. The van der Waals surface area contributed by atoms with Crippen LogP contribution in [0, 0.1) is 25.2 Å². The summed E-state index contributed by atoms with van der Waals surface area (Å²) in [5.41, 5.74) is 2.41. The Labute approximate surface area is 190 Å². The molecule has 2 saturated heterocycles. The van der Waals surface area contributed by atoms with Gasteiger partial charge < -0.3 is 24.6 Å². The van der Waals surface area contributed by atoms with Crippen molar-refractivity contribution in [2.24, 2.45) is 5.92 Å². The zero-order chi connectivity index (χ0) is 22.8. The summed E-state index contributed by atoms with van der Waals surface area (Å²) in [4.78, 5) is 41.4. The smallest absolute Gasteiger partial charge is 0.399 e. The molecule has 0 bridgehead atoms. The second-order valence-electron chi connectivity index (χ2n) is 7.71. The summed E-state index contributed by atoms with van der Waals surface area (Å²) in [6, 6.07) is 8.49. The van der Waals surface area contributed by atoms with Crippen LogP contribution >= 0.6 is 11.3 Å². The second kappa shape index (κ2) is 9.02. The van der Waals surface area contributed by atoms with E-state index in [1.807, 2.05) is 25.1 Å². The first-order chi connectivity index (χ1) is 15.4. The monoisotopic (exact) mass is 453 g/mol. The Balaban J connectivity index is 1.44. The number of benzene rings is 1. The van der Waals surface area contributed by atoms with Crippen molar-refractivity contribution in [3.8, 4) is 17.4 Å². The van der Waals surface area contributed by atoms with E-state index in [0.717, 1.165) is 16.9 Å². The van der Waals surface area contributed by atoms with Crippen molar-refractivity contribution < 1.29 is 23.9 Å². The van der Waals surface area contributed by atoms with Crippen LogP contribution in [0.2, 0.25) is 0 Å². The summed E-state index contributed by atoms with van der Waals surface area (Å²) >= 11 is 1.20. The molecule has 8 nitrogen and oxygen atoms in total. The second-order valence-corrected chi connectivity index (χ2v) is 8.76. The fraction of sp³-hybridized carbons (Fsp3) is 0.348. The predicted molar refractivity (Wildman–Crippen MR) is 121 cm³/mol. The highest BCUT2D eigenvalue weighted by atomic mass is 32.1. The summed E-state index contributed by atoms with van der Waals surface area (Å²) in [6.45, 7) is 5.08. The normalized spacial score (nSPS) is 20.9. The van der Waals surface area contributed by atoms with Crippen LogP contribution in [0.5, 0.6) is 5.06 Å². The average molecular weight is 454 g/mol. The molecule has 1 aromatic heterocycles. The van der Waals surface area contributed by atoms with Crippen molar-refractivity contribution in [1.82, 2.24) is 5.32 Å². The number of carbonyl (C=O) groups is 3. The van der Waals surface area contributed by atoms with Crippen LogP contribution in [-0.4, -0.2) is 50.3 Å². The molecule has 2 aromatic rings. The number of nitrogens with one attached hydrogen (secondary N) is 1. The minimum atomic E-state index is -0.626. The van der Waals surface area contributed by atoms with Crippen LogP contribution < -0.4 is 19.9 Å². The van der Waals surface area contributed by atoms with E-state index in [9.17, 15) is 14.4 Å². The minimum Gasteiger partial charge on any atom is -0.399 e. The molecule has 166 valence electrons. The fourth-order valence-electron chi connectivity index (χ4n) is 3.87. The largest absolute Gasteiger partial charge is 0.413 e. The van der Waals surface area contributed by atoms with Crippen LogP contribution in [0.3, 0.4) is 0 Å². The highest BCUT2D eigenvalue weighted by molar-refractivity contribution is 7.14. The van der Waals surface area contributed by atoms with E-state index in [-0.39, 0.29) is 18.4 Å². The Morgan fingerprint density at radius 3 is 2.78 bits per heavy atom. The van der Waals surface area contributed by atoms with Gasteiger partial charge in [0.15, 0.2) is 5.06 Å². The average Bonchev–Trinajstić information content (AvgIpc) is 3.34. The zero-order valence-electron chi connectivity index (χ0n) is 17.8. The van der Waals surface area contributed by atoms with Crippen LogP contribution in [0.15, 0.2) is 30.3 Å². The molecule has 0 saturated carbocycles. The van der Waals surface area contributed by atoms with Gasteiger partial charge in [0.25, 0.3) is 5.91 Å². The van der Waals surface area contributed by atoms with Crippen LogP contribution in [0.4, 0.5) is 16.2 Å². The van der Waals surface area contributed by atoms with Gasteiger partial charge in [-0.25, -0.2) is 4.79 Å². The lowest BCUT2D eigenvalue weighted by Crippen LogP contribution is -2.42. The molecule has 2 fully saturated rings. The molecule has 2 aliphatic rings. The quantitative estimate of drug-likeness (QED) is 0.719. The third-order valence-electron chi connectivity index (χ3n) is 5.63. The van der Waals surface area contributed by atoms with Gasteiger partial charge in [-0.1, -0.05) is 24.2 Å². The number of anilines is 2. The van der Waals surface area contributed by atoms with E-state index in [2.05, 4.69) is 11.2 Å². The number of hydrogen-bond donors (Lipinski definition) is 1. The summed E-state index contributed by atoms with van der Waals surface area (Å²) in [7, 11) is 0. The SMILES string of the molecule is C#Cc1ccc(OC(=O)N[C@H]2CN(c3ccc(N4CCOCC4=O)c(C)c3)C(=O)[C@@H]2C)s1. The molecule has 2 aliphatic heterocycles. The van der Waals surface area contributed by atoms with Gasteiger partial charge in [0.2, 0.25) is 5.91 Å². The Hall–Kier alpha value is -3.35. The van der Waals surface area contributed by atoms with Crippen LogP contribution in [0.1, 0.15) is 17.4 Å². The molecule has 0 aliphatic carbocycles. The number of morpholine rings is 1. The molecule has 32 heavy (non-hydrogen) atoms. The third kappa shape index (κ3) is 4.33. The van der Waals surface area contributed by atoms with E-state index >= 15 is 0 Å². The van der Waals surface area contributed by atoms with Crippen molar-refractivity contribution in [3.63, 3.8) is 0 Å². The van der Waals surface area contributed by atoms with E-state index < -0.39 is 18.1 Å². The van der Waals surface area contributed by atoms with Gasteiger partial charge in [0.1, 0.15) is 6.61 Å². The number of hydrogen-bond acceptors (Lipinski definition) is 6. The molecule has 9 heteroatoms. The number of carbonyl (C=O) groups excluding carboxylic acids is 3. The standard InChI is InChI=1S/C23H23N3O5S/c1-4-17-6-8-21(32-17)31-23(29)24-18-12-26(22(28)15(18)3)16-5-7-19(14(2)11-16)25-9-10-30-13-20(25)27/h1,5-8,11,15,18H,9-10,12-13H2,2-3H3,(H,24,29)/t15-,18+/m1/s1. The molecule has 1 N–H and O–H groups in total. The summed E-state index contributed by atoms with van der Waals surface area (Å²) in [5.74, 6) is 1.91. The summed E-state index contributed by atoms with van der Waals surface area (Å²) < 4.78 is 10.5. The lowest BCUT2D eigenvalue weighted by atomic mass is 10.1. The molecular weight excluding hydrogens is 430 g/mol. The van der Waals surface area contributed by atoms with E-state index in [4.69, 9.17) is 15.9 Å². The number of ether oxygens (including phenoxy) is 2. The lowest BCUT2D eigenvalue weighted by Gasteiger charge is -2.29. The number of thiophene rings is 1. The molecule has 4 rings (SSSR count). The Morgan fingerprint density at radius 1 is 1.28 bits per heavy atom. The van der Waals surface area contributed by atoms with Gasteiger partial charge in [-0.3, -0.25) is 9.59 Å².